The molecule has 0 aliphatic carbocycles. The van der Waals surface area contributed by atoms with Gasteiger partial charge in [-0.2, -0.15) is 0 Å². The third kappa shape index (κ3) is 6.64. The van der Waals surface area contributed by atoms with Gasteiger partial charge in [-0.1, -0.05) is 31.5 Å². The topological polar surface area (TPSA) is 167 Å². The summed E-state index contributed by atoms with van der Waals surface area (Å²) in [6.07, 6.45) is 0.750. The quantitative estimate of drug-likeness (QED) is 0.140. The van der Waals surface area contributed by atoms with Crippen molar-refractivity contribution in [2.24, 2.45) is 11.7 Å². The summed E-state index contributed by atoms with van der Waals surface area (Å²) in [5.41, 5.74) is 8.31. The standard InChI is InChI=1S/C30H27N3O5S.CH4N2/c1-16(2)14-31-29(35)24-9-8-20(26(33-24)30(36)37)21-13-25-23(27-18(15-38-25)10-11-39-27)12-22(21)28(34)32-19-6-4-17(3)5-7-19;2-1-3/h4-13,16H,14-15H2,1-3H3,(H,31,35)(H,32,34)(H,36,37);1H,(H3,2,3). The Hall–Kier alpha value is -5.03. The zero-order valence-corrected chi connectivity index (χ0v) is 24.2. The highest BCUT2D eigenvalue weighted by atomic mass is 32.1. The predicted molar refractivity (Wildman–Crippen MR) is 164 cm³/mol. The molecule has 2 aromatic carbocycles. The van der Waals surface area contributed by atoms with Crippen molar-refractivity contribution < 1.29 is 24.2 Å². The van der Waals surface area contributed by atoms with Crippen LogP contribution >= 0.6 is 11.3 Å². The van der Waals surface area contributed by atoms with Gasteiger partial charge in [-0.25, -0.2) is 9.78 Å². The summed E-state index contributed by atoms with van der Waals surface area (Å²) in [6, 6.07) is 15.8. The number of nitrogens with one attached hydrogen (secondary N) is 3. The lowest BCUT2D eigenvalue weighted by atomic mass is 9.92. The molecule has 0 fully saturated rings. The number of amides is 2. The van der Waals surface area contributed by atoms with Crippen molar-refractivity contribution in [1.82, 2.24) is 10.3 Å². The lowest BCUT2D eigenvalue weighted by Gasteiger charge is -2.21. The number of hydrogen-bond donors (Lipinski definition) is 5. The van der Waals surface area contributed by atoms with E-state index in [1.807, 2.05) is 44.4 Å². The number of thiophene rings is 1. The lowest BCUT2D eigenvalue weighted by Crippen LogP contribution is -2.28. The first-order valence-electron chi connectivity index (χ1n) is 13.1. The zero-order chi connectivity index (χ0) is 30.4. The number of nitrogens with zero attached hydrogens (tertiary/aromatic N) is 1. The van der Waals surface area contributed by atoms with Gasteiger partial charge in [0.25, 0.3) is 11.8 Å². The number of carboxylic acid groups (broad SMARTS) is 1. The summed E-state index contributed by atoms with van der Waals surface area (Å²) in [7, 11) is 0. The number of fused-ring (bicyclic) bond motifs is 3. The molecule has 216 valence electrons. The predicted octanol–water partition coefficient (Wildman–Crippen LogP) is 5.57. The van der Waals surface area contributed by atoms with E-state index in [0.717, 1.165) is 27.9 Å². The van der Waals surface area contributed by atoms with Gasteiger partial charge in [0.1, 0.15) is 18.1 Å². The summed E-state index contributed by atoms with van der Waals surface area (Å²) in [4.78, 5) is 43.8. The third-order valence-electron chi connectivity index (χ3n) is 6.34. The molecule has 0 atom stereocenters. The molecule has 0 radical (unpaired) electrons. The number of benzene rings is 2. The second-order valence-corrected chi connectivity index (χ2v) is 10.9. The van der Waals surface area contributed by atoms with E-state index in [1.54, 1.807) is 35.6 Å². The Labute approximate surface area is 247 Å². The van der Waals surface area contributed by atoms with Crippen molar-refractivity contribution >= 4 is 41.1 Å². The van der Waals surface area contributed by atoms with E-state index in [9.17, 15) is 19.5 Å². The highest BCUT2D eigenvalue weighted by Gasteiger charge is 2.27. The normalized spacial score (nSPS) is 11.2. The van der Waals surface area contributed by atoms with E-state index in [2.05, 4.69) is 21.4 Å². The number of pyridine rings is 1. The zero-order valence-electron chi connectivity index (χ0n) is 23.4. The fraction of sp³-hybridized carbons (Fsp3) is 0.194. The molecule has 5 rings (SSSR count). The van der Waals surface area contributed by atoms with Crippen LogP contribution in [-0.4, -0.2) is 40.8 Å². The number of nitrogens with two attached hydrogens (primary N) is 1. The molecule has 1 aliphatic heterocycles. The van der Waals surface area contributed by atoms with Gasteiger partial charge in [0.15, 0.2) is 5.69 Å². The van der Waals surface area contributed by atoms with Gasteiger partial charge in [0, 0.05) is 44.9 Å². The highest BCUT2D eigenvalue weighted by molar-refractivity contribution is 7.13. The summed E-state index contributed by atoms with van der Waals surface area (Å²) >= 11 is 1.55. The van der Waals surface area contributed by atoms with Gasteiger partial charge in [0.05, 0.1) is 6.34 Å². The molecule has 4 aromatic rings. The van der Waals surface area contributed by atoms with Crippen molar-refractivity contribution in [1.29, 1.82) is 5.41 Å². The maximum absolute atomic E-state index is 13.7. The van der Waals surface area contributed by atoms with Gasteiger partial charge in [-0.05, 0) is 60.7 Å². The number of hydrogen-bond acceptors (Lipinski definition) is 7. The molecule has 0 spiro atoms. The van der Waals surface area contributed by atoms with E-state index >= 15 is 0 Å². The Kier molecular flexibility index (Phi) is 9.33. The summed E-state index contributed by atoms with van der Waals surface area (Å²) < 4.78 is 6.00. The number of aromatic carboxylic acids is 1. The summed E-state index contributed by atoms with van der Waals surface area (Å²) in [5.74, 6) is -1.42. The minimum atomic E-state index is -1.31. The van der Waals surface area contributed by atoms with Gasteiger partial charge in [-0.3, -0.25) is 15.0 Å². The molecule has 42 heavy (non-hydrogen) atoms. The van der Waals surface area contributed by atoms with Crippen LogP contribution in [0, 0.1) is 18.3 Å². The van der Waals surface area contributed by atoms with Crippen LogP contribution in [-0.2, 0) is 6.61 Å². The van der Waals surface area contributed by atoms with E-state index < -0.39 is 17.8 Å². The maximum Gasteiger partial charge on any atom is 0.355 e. The first-order chi connectivity index (χ1) is 20.1. The van der Waals surface area contributed by atoms with Gasteiger partial charge in [-0.15, -0.1) is 11.3 Å². The summed E-state index contributed by atoms with van der Waals surface area (Å²) in [6.45, 7) is 6.68. The van der Waals surface area contributed by atoms with Gasteiger partial charge in [0.2, 0.25) is 0 Å². The largest absolute Gasteiger partial charge is 0.488 e. The van der Waals surface area contributed by atoms with Crippen molar-refractivity contribution in [3.05, 3.63) is 88.1 Å². The number of aromatic nitrogens is 1. The number of carbonyl (C=O) groups is 3. The molecule has 0 bridgehead atoms. The lowest BCUT2D eigenvalue weighted by molar-refractivity contribution is 0.0691. The Morgan fingerprint density at radius 2 is 1.79 bits per heavy atom. The smallest absolute Gasteiger partial charge is 0.355 e. The first kappa shape index (κ1) is 29.9. The Bertz CT molecular complexity index is 1650. The number of ether oxygens (including phenoxy) is 1. The number of carboxylic acids is 1. The van der Waals surface area contributed by atoms with Crippen LogP contribution < -0.4 is 21.1 Å². The number of aryl methyl sites for hydroxylation is 1. The SMILES string of the molecule is Cc1ccc(NC(=O)c2cc3c(cc2-c2ccc(C(=O)NCC(C)C)nc2C(=O)O)OCc2ccsc2-3)cc1.N=CN. The van der Waals surface area contributed by atoms with Crippen LogP contribution in [0.15, 0.2) is 60.0 Å². The van der Waals surface area contributed by atoms with Crippen LogP contribution in [0.25, 0.3) is 21.6 Å². The van der Waals surface area contributed by atoms with Crippen molar-refractivity contribution in [2.75, 3.05) is 11.9 Å². The molecule has 1 aliphatic rings. The van der Waals surface area contributed by atoms with Crippen LogP contribution in [0.1, 0.15) is 56.3 Å². The van der Waals surface area contributed by atoms with E-state index in [-0.39, 0.29) is 28.4 Å². The van der Waals surface area contributed by atoms with Gasteiger partial charge < -0.3 is 26.2 Å². The Balaban J connectivity index is 0.00000129. The number of carbonyl (C=O) groups excluding carboxylic acids is 2. The fourth-order valence-electron chi connectivity index (χ4n) is 4.32. The van der Waals surface area contributed by atoms with Crippen LogP contribution in [0.5, 0.6) is 5.75 Å². The van der Waals surface area contributed by atoms with Crippen LogP contribution in [0.4, 0.5) is 5.69 Å². The molecule has 0 saturated heterocycles. The molecule has 10 nitrogen and oxygen atoms in total. The fourth-order valence-corrected chi connectivity index (χ4v) is 5.25. The van der Waals surface area contributed by atoms with Crippen LogP contribution in [0.3, 0.4) is 0 Å². The molecule has 11 heteroatoms. The monoisotopic (exact) mass is 585 g/mol. The molecule has 2 amide bonds. The van der Waals surface area contributed by atoms with Gasteiger partial charge >= 0.3 is 5.97 Å². The maximum atomic E-state index is 13.7. The van der Waals surface area contributed by atoms with Crippen LogP contribution in [0.2, 0.25) is 0 Å². The van der Waals surface area contributed by atoms with E-state index in [0.29, 0.717) is 30.2 Å². The molecule has 0 unspecified atom stereocenters. The number of anilines is 1. The van der Waals surface area contributed by atoms with Crippen molar-refractivity contribution in [3.63, 3.8) is 0 Å². The van der Waals surface area contributed by atoms with Crippen molar-refractivity contribution in [2.45, 2.75) is 27.4 Å². The van der Waals surface area contributed by atoms with E-state index in [1.165, 1.54) is 12.1 Å². The first-order valence-corrected chi connectivity index (χ1v) is 14.0. The molecule has 0 saturated carbocycles. The molecule has 6 N–H and O–H groups in total. The average molecular weight is 586 g/mol. The second-order valence-electron chi connectivity index (χ2n) is 9.95. The molecule has 2 aromatic heterocycles. The highest BCUT2D eigenvalue weighted by Crippen LogP contribution is 2.44. The molecular weight excluding hydrogens is 554 g/mol. The Morgan fingerprint density at radius 1 is 1.07 bits per heavy atom. The second kappa shape index (κ2) is 13.1. The molecule has 3 heterocycles. The molecular formula is C31H31N5O5S. The minimum absolute atomic E-state index is 0.0140. The number of rotatable bonds is 7. The van der Waals surface area contributed by atoms with Crippen molar-refractivity contribution in [3.8, 4) is 27.3 Å². The third-order valence-corrected chi connectivity index (χ3v) is 7.33. The summed E-state index contributed by atoms with van der Waals surface area (Å²) in [5, 5.41) is 23.6. The van der Waals surface area contributed by atoms with E-state index in [4.69, 9.17) is 10.1 Å². The average Bonchev–Trinajstić information content (AvgIpc) is 3.46. The Morgan fingerprint density at radius 3 is 2.45 bits per heavy atom. The minimum Gasteiger partial charge on any atom is -0.488 e.